The zero-order valence-corrected chi connectivity index (χ0v) is 25.0. The number of rotatable bonds is 12. The lowest BCUT2D eigenvalue weighted by Crippen LogP contribution is -2.39. The highest BCUT2D eigenvalue weighted by Gasteiger charge is 2.33. The number of methoxy groups -OCH3 is 3. The van der Waals surface area contributed by atoms with Gasteiger partial charge < -0.3 is 14.2 Å². The molecule has 0 aliphatic heterocycles. The van der Waals surface area contributed by atoms with Crippen LogP contribution in [-0.2, 0) is 14.8 Å². The summed E-state index contributed by atoms with van der Waals surface area (Å²) >= 11 is 5.97. The summed E-state index contributed by atoms with van der Waals surface area (Å²) in [6, 6.07) is 18.6. The van der Waals surface area contributed by atoms with Crippen molar-refractivity contribution in [2.24, 2.45) is 5.92 Å². The monoisotopic (exact) mass is 610 g/mol. The quantitative estimate of drug-likeness (QED) is 0.233. The van der Waals surface area contributed by atoms with E-state index in [9.17, 15) is 13.2 Å². The van der Waals surface area contributed by atoms with Gasteiger partial charge in [0.25, 0.3) is 0 Å². The summed E-state index contributed by atoms with van der Waals surface area (Å²) in [6.45, 7) is -0.127. The maximum Gasteiger partial charge on any atom is 0.243 e. The highest BCUT2D eigenvalue weighted by Crippen LogP contribution is 2.33. The van der Waals surface area contributed by atoms with Gasteiger partial charge >= 0.3 is 0 Å². The van der Waals surface area contributed by atoms with E-state index in [-0.39, 0.29) is 29.9 Å². The van der Waals surface area contributed by atoms with E-state index in [1.165, 1.54) is 35.7 Å². The Balaban J connectivity index is 1.47. The van der Waals surface area contributed by atoms with Gasteiger partial charge in [0.2, 0.25) is 21.9 Å². The third-order valence-corrected chi connectivity index (χ3v) is 9.00. The van der Waals surface area contributed by atoms with Gasteiger partial charge in [-0.25, -0.2) is 13.4 Å². The van der Waals surface area contributed by atoms with Crippen LogP contribution in [0.3, 0.4) is 0 Å². The molecule has 1 heterocycles. The smallest absolute Gasteiger partial charge is 0.243 e. The number of amides is 1. The molecule has 1 saturated carbocycles. The molecule has 0 unspecified atom stereocenters. The maximum atomic E-state index is 13.5. The van der Waals surface area contributed by atoms with Crippen LogP contribution in [0.4, 0.5) is 5.95 Å². The number of nitrogens with one attached hydrogen (secondary N) is 1. The molecule has 3 aromatic carbocycles. The van der Waals surface area contributed by atoms with Crippen molar-refractivity contribution in [3.8, 4) is 34.2 Å². The topological polar surface area (TPSA) is 112 Å². The van der Waals surface area contributed by atoms with Crippen LogP contribution in [0.2, 0.25) is 5.02 Å². The number of carbonyl (C=O) groups excluding carboxylic acids is 1. The van der Waals surface area contributed by atoms with Crippen molar-refractivity contribution >= 4 is 33.5 Å². The van der Waals surface area contributed by atoms with E-state index in [0.29, 0.717) is 33.7 Å². The second-order valence-electron chi connectivity index (χ2n) is 9.83. The van der Waals surface area contributed by atoms with E-state index in [4.69, 9.17) is 30.8 Å². The largest absolute Gasteiger partial charge is 0.497 e. The number of hydrogen-bond donors (Lipinski definition) is 1. The molecule has 10 nitrogen and oxygen atoms in total. The third-order valence-electron chi connectivity index (χ3n) is 6.92. The minimum Gasteiger partial charge on any atom is -0.497 e. The fourth-order valence-corrected chi connectivity index (χ4v) is 6.06. The molecule has 1 amide bonds. The van der Waals surface area contributed by atoms with E-state index in [0.717, 1.165) is 18.4 Å². The maximum absolute atomic E-state index is 13.5. The van der Waals surface area contributed by atoms with Crippen LogP contribution in [0.15, 0.2) is 77.8 Å². The van der Waals surface area contributed by atoms with E-state index in [1.54, 1.807) is 43.2 Å². The number of hydrogen-bond acceptors (Lipinski definition) is 7. The molecule has 1 fully saturated rings. The summed E-state index contributed by atoms with van der Waals surface area (Å²) in [5.41, 5.74) is 2.04. The first-order valence-corrected chi connectivity index (χ1v) is 15.1. The predicted octanol–water partition coefficient (Wildman–Crippen LogP) is 5.26. The fraction of sp³-hybridized carbons (Fsp3) is 0.267. The van der Waals surface area contributed by atoms with Crippen LogP contribution in [0.5, 0.6) is 17.2 Å². The zero-order valence-electron chi connectivity index (χ0n) is 23.4. The normalized spacial score (nSPS) is 13.2. The van der Waals surface area contributed by atoms with Gasteiger partial charge in [-0.15, -0.1) is 0 Å². The Morgan fingerprint density at radius 2 is 1.67 bits per heavy atom. The number of benzene rings is 3. The van der Waals surface area contributed by atoms with Gasteiger partial charge in [0.05, 0.1) is 44.2 Å². The molecule has 0 saturated heterocycles. The Labute approximate surface area is 249 Å². The van der Waals surface area contributed by atoms with E-state index in [2.05, 4.69) is 5.32 Å². The van der Waals surface area contributed by atoms with Gasteiger partial charge in [-0.2, -0.15) is 4.31 Å². The van der Waals surface area contributed by atoms with Crippen LogP contribution >= 0.6 is 11.6 Å². The standard InChI is InChI=1S/C30H31ClN4O6S/c1-39-24-11-6-21(7-12-24)26-18-35(23-10-15-27(40-2)28(16-23)41-3)30(32-26)33-29(36)19-34(17-20-4-5-20)42(37,38)25-13-8-22(31)9-14-25/h6-16,18,20H,4-5,17,19H2,1-3H3,(H,32,33,36). The summed E-state index contributed by atoms with van der Waals surface area (Å²) < 4.78 is 46.0. The lowest BCUT2D eigenvalue weighted by molar-refractivity contribution is -0.116. The summed E-state index contributed by atoms with van der Waals surface area (Å²) in [6.07, 6.45) is 3.62. The van der Waals surface area contributed by atoms with Gasteiger partial charge in [0.15, 0.2) is 11.5 Å². The minimum atomic E-state index is -3.94. The van der Waals surface area contributed by atoms with Crippen LogP contribution in [0, 0.1) is 5.92 Å². The van der Waals surface area contributed by atoms with Crippen molar-refractivity contribution < 1.29 is 27.4 Å². The number of sulfonamides is 1. The molecule has 42 heavy (non-hydrogen) atoms. The van der Waals surface area contributed by atoms with Gasteiger partial charge in [-0.3, -0.25) is 14.7 Å². The number of nitrogens with zero attached hydrogens (tertiary/aromatic N) is 3. The first-order valence-electron chi connectivity index (χ1n) is 13.2. The van der Waals surface area contributed by atoms with Crippen molar-refractivity contribution in [2.75, 3.05) is 39.7 Å². The van der Waals surface area contributed by atoms with Crippen LogP contribution in [0.1, 0.15) is 12.8 Å². The first-order chi connectivity index (χ1) is 20.2. The Hall–Kier alpha value is -4.06. The Bertz CT molecular complexity index is 1670. The average Bonchev–Trinajstić information content (AvgIpc) is 3.73. The van der Waals surface area contributed by atoms with Crippen molar-refractivity contribution in [2.45, 2.75) is 17.7 Å². The SMILES string of the molecule is COc1ccc(-c2cn(-c3ccc(OC)c(OC)c3)c(NC(=O)CN(CC3CC3)S(=O)(=O)c3ccc(Cl)cc3)n2)cc1. The van der Waals surface area contributed by atoms with Gasteiger partial charge in [-0.05, 0) is 79.4 Å². The van der Waals surface area contributed by atoms with Gasteiger partial charge in [0, 0.05) is 29.4 Å². The van der Waals surface area contributed by atoms with Crippen molar-refractivity contribution in [1.29, 1.82) is 0 Å². The molecular formula is C30H31ClN4O6S. The summed E-state index contributed by atoms with van der Waals surface area (Å²) in [5.74, 6) is 1.65. The van der Waals surface area contributed by atoms with Crippen LogP contribution < -0.4 is 19.5 Å². The number of ether oxygens (including phenoxy) is 3. The lowest BCUT2D eigenvalue weighted by Gasteiger charge is -2.22. The van der Waals surface area contributed by atoms with Crippen LogP contribution in [0.25, 0.3) is 16.9 Å². The molecule has 0 bridgehead atoms. The number of aromatic nitrogens is 2. The van der Waals surface area contributed by atoms with Crippen molar-refractivity contribution in [1.82, 2.24) is 13.9 Å². The van der Waals surface area contributed by atoms with Crippen molar-refractivity contribution in [3.63, 3.8) is 0 Å². The second-order valence-corrected chi connectivity index (χ2v) is 12.2. The van der Waals surface area contributed by atoms with Gasteiger partial charge in [0.1, 0.15) is 5.75 Å². The molecule has 1 aliphatic carbocycles. The average molecular weight is 611 g/mol. The number of carbonyl (C=O) groups is 1. The summed E-state index contributed by atoms with van der Waals surface area (Å²) in [4.78, 5) is 18.2. The molecule has 0 radical (unpaired) electrons. The number of imidazole rings is 1. The Morgan fingerprint density at radius 1 is 0.976 bits per heavy atom. The second kappa shape index (κ2) is 12.4. The highest BCUT2D eigenvalue weighted by atomic mass is 35.5. The molecule has 0 atom stereocenters. The van der Waals surface area contributed by atoms with Gasteiger partial charge in [-0.1, -0.05) is 11.6 Å². The molecular weight excluding hydrogens is 580 g/mol. The molecule has 220 valence electrons. The van der Waals surface area contributed by atoms with E-state index >= 15 is 0 Å². The summed E-state index contributed by atoms with van der Waals surface area (Å²) in [5, 5.41) is 3.26. The molecule has 12 heteroatoms. The highest BCUT2D eigenvalue weighted by molar-refractivity contribution is 7.89. The number of anilines is 1. The lowest BCUT2D eigenvalue weighted by atomic mass is 10.1. The minimum absolute atomic E-state index is 0.0778. The first kappa shape index (κ1) is 29.4. The molecule has 1 N–H and O–H groups in total. The number of halogens is 1. The molecule has 5 rings (SSSR count). The van der Waals surface area contributed by atoms with E-state index < -0.39 is 15.9 Å². The summed E-state index contributed by atoms with van der Waals surface area (Å²) in [7, 11) is 0.740. The van der Waals surface area contributed by atoms with E-state index in [1.807, 2.05) is 24.3 Å². The third kappa shape index (κ3) is 6.53. The molecule has 4 aromatic rings. The molecule has 1 aliphatic rings. The Morgan fingerprint density at radius 3 is 2.29 bits per heavy atom. The Kier molecular flexibility index (Phi) is 8.72. The zero-order chi connectivity index (χ0) is 29.9. The fourth-order valence-electron chi connectivity index (χ4n) is 4.46. The molecule has 0 spiro atoms. The van der Waals surface area contributed by atoms with Crippen molar-refractivity contribution in [3.05, 3.63) is 77.9 Å². The molecule has 1 aromatic heterocycles. The van der Waals surface area contributed by atoms with Crippen LogP contribution in [-0.4, -0.2) is 62.6 Å². The predicted molar refractivity (Wildman–Crippen MR) is 160 cm³/mol.